The van der Waals surface area contributed by atoms with Gasteiger partial charge >= 0.3 is 0 Å². The first-order valence-corrected chi connectivity index (χ1v) is 7.90. The maximum Gasteiger partial charge on any atom is 0.142 e. The van der Waals surface area contributed by atoms with Crippen LogP contribution in [0, 0.1) is 5.92 Å². The third kappa shape index (κ3) is 4.03. The molecule has 0 aromatic heterocycles. The number of benzene rings is 1. The van der Waals surface area contributed by atoms with Crippen molar-refractivity contribution in [3.8, 4) is 11.5 Å². The first-order chi connectivity index (χ1) is 10.2. The highest BCUT2D eigenvalue weighted by atomic mass is 16.5. The van der Waals surface area contributed by atoms with Gasteiger partial charge in [-0.05, 0) is 30.9 Å². The molecular weight excluding hydrogens is 264 g/mol. The van der Waals surface area contributed by atoms with Crippen molar-refractivity contribution in [1.29, 1.82) is 0 Å². The number of hydrogen-bond donors (Lipinski definition) is 1. The smallest absolute Gasteiger partial charge is 0.142 e. The molecule has 1 aromatic carbocycles. The molecule has 0 radical (unpaired) electrons. The van der Waals surface area contributed by atoms with Crippen molar-refractivity contribution in [2.45, 2.75) is 38.6 Å². The first kappa shape index (κ1) is 16.0. The molecule has 21 heavy (non-hydrogen) atoms. The van der Waals surface area contributed by atoms with Gasteiger partial charge < -0.3 is 20.1 Å². The SMILES string of the molecule is CCCCC1CC(N)CN(c2cc(OC)ccc2OC)C1. The molecule has 2 unspecified atom stereocenters. The Bertz CT molecular complexity index is 450. The number of nitrogens with zero attached hydrogens (tertiary/aromatic N) is 1. The maximum atomic E-state index is 6.27. The van der Waals surface area contributed by atoms with E-state index in [9.17, 15) is 0 Å². The van der Waals surface area contributed by atoms with E-state index in [0.717, 1.165) is 36.7 Å². The fourth-order valence-electron chi connectivity index (χ4n) is 3.19. The third-order valence-electron chi connectivity index (χ3n) is 4.26. The van der Waals surface area contributed by atoms with Crippen LogP contribution in [0.4, 0.5) is 5.69 Å². The van der Waals surface area contributed by atoms with Crippen molar-refractivity contribution in [3.63, 3.8) is 0 Å². The minimum atomic E-state index is 0.233. The number of nitrogens with two attached hydrogens (primary N) is 1. The number of unbranched alkanes of at least 4 members (excludes halogenated alkanes) is 1. The average molecular weight is 292 g/mol. The monoisotopic (exact) mass is 292 g/mol. The maximum absolute atomic E-state index is 6.27. The highest BCUT2D eigenvalue weighted by molar-refractivity contribution is 5.62. The molecule has 0 bridgehead atoms. The molecule has 0 amide bonds. The minimum absolute atomic E-state index is 0.233. The van der Waals surface area contributed by atoms with E-state index < -0.39 is 0 Å². The lowest BCUT2D eigenvalue weighted by atomic mass is 9.90. The normalized spacial score (nSPS) is 22.2. The van der Waals surface area contributed by atoms with Crippen LogP contribution in [0.2, 0.25) is 0 Å². The summed E-state index contributed by atoms with van der Waals surface area (Å²) in [5.41, 5.74) is 7.36. The van der Waals surface area contributed by atoms with Gasteiger partial charge in [0.1, 0.15) is 11.5 Å². The number of anilines is 1. The number of methoxy groups -OCH3 is 2. The zero-order chi connectivity index (χ0) is 15.2. The van der Waals surface area contributed by atoms with Gasteiger partial charge in [0.05, 0.1) is 19.9 Å². The lowest BCUT2D eigenvalue weighted by Gasteiger charge is -2.38. The van der Waals surface area contributed by atoms with Gasteiger partial charge in [0.15, 0.2) is 0 Å². The molecule has 0 aliphatic carbocycles. The van der Waals surface area contributed by atoms with Gasteiger partial charge in [0.25, 0.3) is 0 Å². The van der Waals surface area contributed by atoms with E-state index in [-0.39, 0.29) is 6.04 Å². The molecule has 1 aliphatic heterocycles. The zero-order valence-corrected chi connectivity index (χ0v) is 13.5. The number of rotatable bonds is 6. The third-order valence-corrected chi connectivity index (χ3v) is 4.26. The predicted molar refractivity (Wildman–Crippen MR) is 87.4 cm³/mol. The number of hydrogen-bond acceptors (Lipinski definition) is 4. The lowest BCUT2D eigenvalue weighted by Crippen LogP contribution is -2.47. The Kier molecular flexibility index (Phi) is 5.74. The Balaban J connectivity index is 2.18. The fourth-order valence-corrected chi connectivity index (χ4v) is 3.19. The molecule has 118 valence electrons. The van der Waals surface area contributed by atoms with Crippen molar-refractivity contribution >= 4 is 5.69 Å². The average Bonchev–Trinajstić information content (AvgIpc) is 2.51. The van der Waals surface area contributed by atoms with E-state index >= 15 is 0 Å². The second-order valence-corrected chi connectivity index (χ2v) is 5.95. The Morgan fingerprint density at radius 3 is 2.71 bits per heavy atom. The van der Waals surface area contributed by atoms with Gasteiger partial charge in [-0.1, -0.05) is 19.8 Å². The molecule has 1 aromatic rings. The van der Waals surface area contributed by atoms with Crippen molar-refractivity contribution in [1.82, 2.24) is 0 Å². The summed E-state index contributed by atoms with van der Waals surface area (Å²) in [6.07, 6.45) is 4.91. The van der Waals surface area contributed by atoms with Crippen LogP contribution >= 0.6 is 0 Å². The molecule has 0 saturated carbocycles. The highest BCUT2D eigenvalue weighted by Crippen LogP contribution is 2.35. The van der Waals surface area contributed by atoms with E-state index in [2.05, 4.69) is 11.8 Å². The molecule has 1 heterocycles. The van der Waals surface area contributed by atoms with Crippen LogP contribution in [0.15, 0.2) is 18.2 Å². The Morgan fingerprint density at radius 1 is 1.24 bits per heavy atom. The van der Waals surface area contributed by atoms with Gasteiger partial charge in [-0.3, -0.25) is 0 Å². The van der Waals surface area contributed by atoms with Gasteiger partial charge in [-0.2, -0.15) is 0 Å². The van der Waals surface area contributed by atoms with Crippen molar-refractivity contribution in [3.05, 3.63) is 18.2 Å². The van der Waals surface area contributed by atoms with Gasteiger partial charge in [0, 0.05) is 25.2 Å². The quantitative estimate of drug-likeness (QED) is 0.875. The van der Waals surface area contributed by atoms with Crippen LogP contribution in [-0.4, -0.2) is 33.4 Å². The molecule has 1 aliphatic rings. The molecule has 1 fully saturated rings. The standard InChI is InChI=1S/C17H28N2O2/c1-4-5-6-13-9-14(18)12-19(11-13)16-10-15(20-2)7-8-17(16)21-3/h7-8,10,13-14H,4-6,9,11-12,18H2,1-3H3. The van der Waals surface area contributed by atoms with Gasteiger partial charge in [-0.15, -0.1) is 0 Å². The molecule has 2 atom stereocenters. The summed E-state index contributed by atoms with van der Waals surface area (Å²) in [5, 5.41) is 0. The molecule has 4 nitrogen and oxygen atoms in total. The minimum Gasteiger partial charge on any atom is -0.497 e. The fraction of sp³-hybridized carbons (Fsp3) is 0.647. The number of ether oxygens (including phenoxy) is 2. The van der Waals surface area contributed by atoms with Crippen LogP contribution in [0.25, 0.3) is 0 Å². The van der Waals surface area contributed by atoms with Crippen molar-refractivity contribution in [2.24, 2.45) is 11.7 Å². The predicted octanol–water partition coefficient (Wildman–Crippen LogP) is 3.05. The van der Waals surface area contributed by atoms with Crippen LogP contribution in [0.1, 0.15) is 32.6 Å². The Labute approximate surface area is 128 Å². The van der Waals surface area contributed by atoms with E-state index in [4.69, 9.17) is 15.2 Å². The molecular formula is C17H28N2O2. The van der Waals surface area contributed by atoms with Crippen molar-refractivity contribution in [2.75, 3.05) is 32.2 Å². The second-order valence-electron chi connectivity index (χ2n) is 5.95. The van der Waals surface area contributed by atoms with Crippen molar-refractivity contribution < 1.29 is 9.47 Å². The Morgan fingerprint density at radius 2 is 2.05 bits per heavy atom. The van der Waals surface area contributed by atoms with E-state index in [1.165, 1.54) is 19.3 Å². The van der Waals surface area contributed by atoms with Crippen LogP contribution in [0.5, 0.6) is 11.5 Å². The van der Waals surface area contributed by atoms with E-state index in [1.54, 1.807) is 14.2 Å². The molecule has 1 saturated heterocycles. The largest absolute Gasteiger partial charge is 0.497 e. The summed E-state index contributed by atoms with van der Waals surface area (Å²) in [7, 11) is 3.40. The molecule has 0 spiro atoms. The molecule has 2 rings (SSSR count). The summed E-state index contributed by atoms with van der Waals surface area (Å²) in [5.74, 6) is 2.42. The van der Waals surface area contributed by atoms with Crippen LogP contribution < -0.4 is 20.1 Å². The van der Waals surface area contributed by atoms with Crippen LogP contribution in [0.3, 0.4) is 0 Å². The molecule has 2 N–H and O–H groups in total. The first-order valence-electron chi connectivity index (χ1n) is 7.90. The highest BCUT2D eigenvalue weighted by Gasteiger charge is 2.26. The summed E-state index contributed by atoms with van der Waals surface area (Å²) in [6.45, 7) is 4.18. The summed E-state index contributed by atoms with van der Waals surface area (Å²) in [6, 6.07) is 6.18. The lowest BCUT2D eigenvalue weighted by molar-refractivity contribution is 0.344. The van der Waals surface area contributed by atoms with Crippen LogP contribution in [-0.2, 0) is 0 Å². The summed E-state index contributed by atoms with van der Waals surface area (Å²) in [4.78, 5) is 2.36. The zero-order valence-electron chi connectivity index (χ0n) is 13.5. The van der Waals surface area contributed by atoms with E-state index in [0.29, 0.717) is 5.92 Å². The Hall–Kier alpha value is -1.42. The molecule has 4 heteroatoms. The van der Waals surface area contributed by atoms with Gasteiger partial charge in [-0.25, -0.2) is 0 Å². The summed E-state index contributed by atoms with van der Waals surface area (Å²) < 4.78 is 10.9. The summed E-state index contributed by atoms with van der Waals surface area (Å²) >= 11 is 0. The second kappa shape index (κ2) is 7.55. The van der Waals surface area contributed by atoms with E-state index in [1.807, 2.05) is 18.2 Å². The topological polar surface area (TPSA) is 47.7 Å². The van der Waals surface area contributed by atoms with Gasteiger partial charge in [0.2, 0.25) is 0 Å². The number of piperidine rings is 1.